The zero-order valence-electron chi connectivity index (χ0n) is 9.59. The lowest BCUT2D eigenvalue weighted by Gasteiger charge is -2.08. The van der Waals surface area contributed by atoms with Crippen LogP contribution in [0.3, 0.4) is 0 Å². The van der Waals surface area contributed by atoms with Crippen LogP contribution in [0.25, 0.3) is 10.9 Å². The van der Waals surface area contributed by atoms with Crippen molar-refractivity contribution in [1.82, 2.24) is 4.98 Å². The predicted molar refractivity (Wildman–Crippen MR) is 66.1 cm³/mol. The van der Waals surface area contributed by atoms with Crippen molar-refractivity contribution in [2.45, 2.75) is 33.1 Å². The second-order valence-corrected chi connectivity index (χ2v) is 4.46. The van der Waals surface area contributed by atoms with Gasteiger partial charge in [0.05, 0.1) is 0 Å². The summed E-state index contributed by atoms with van der Waals surface area (Å²) >= 11 is 0. The number of H-pyrrole nitrogens is 1. The molecule has 1 unspecified atom stereocenters. The van der Waals surface area contributed by atoms with E-state index in [1.54, 1.807) is 0 Å². The van der Waals surface area contributed by atoms with E-state index in [0.29, 0.717) is 0 Å². The highest BCUT2D eigenvalue weighted by molar-refractivity contribution is 5.83. The van der Waals surface area contributed by atoms with Gasteiger partial charge in [0.25, 0.3) is 0 Å². The molecule has 2 aromatic rings. The number of nitrogens with one attached hydrogen (secondary N) is 1. The van der Waals surface area contributed by atoms with Crippen molar-refractivity contribution in [2.75, 3.05) is 0 Å². The van der Waals surface area contributed by atoms with Crippen molar-refractivity contribution in [3.05, 3.63) is 36.0 Å². The van der Waals surface area contributed by atoms with Gasteiger partial charge in [-0.1, -0.05) is 44.9 Å². The number of para-hydroxylation sites is 1. The van der Waals surface area contributed by atoms with Crippen molar-refractivity contribution < 1.29 is 0 Å². The normalized spacial score (nSPS) is 13.2. The Morgan fingerprint density at radius 1 is 1.27 bits per heavy atom. The van der Waals surface area contributed by atoms with Crippen LogP contribution in [0.4, 0.5) is 0 Å². The maximum absolute atomic E-state index is 3.34. The van der Waals surface area contributed by atoms with E-state index in [2.05, 4.69) is 49.3 Å². The van der Waals surface area contributed by atoms with Gasteiger partial charge in [-0.2, -0.15) is 0 Å². The third kappa shape index (κ3) is 2.23. The Morgan fingerprint density at radius 3 is 2.87 bits per heavy atom. The molecule has 0 radical (unpaired) electrons. The summed E-state index contributed by atoms with van der Waals surface area (Å²) in [4.78, 5) is 3.34. The Hall–Kier alpha value is -1.24. The molecule has 1 aromatic carbocycles. The highest BCUT2D eigenvalue weighted by Gasteiger charge is 2.07. The fourth-order valence-corrected chi connectivity index (χ4v) is 2.27. The topological polar surface area (TPSA) is 15.8 Å². The number of hydrogen-bond donors (Lipinski definition) is 1. The summed E-state index contributed by atoms with van der Waals surface area (Å²) in [5, 5.41) is 1.39. The fourth-order valence-electron chi connectivity index (χ4n) is 2.27. The minimum Gasteiger partial charge on any atom is -0.361 e. The summed E-state index contributed by atoms with van der Waals surface area (Å²) in [5.41, 5.74) is 2.72. The van der Waals surface area contributed by atoms with Crippen molar-refractivity contribution in [1.29, 1.82) is 0 Å². The zero-order chi connectivity index (χ0) is 10.7. The molecule has 0 aliphatic heterocycles. The average Bonchev–Trinajstić information content (AvgIpc) is 2.62. The van der Waals surface area contributed by atoms with Crippen LogP contribution in [-0.2, 0) is 6.42 Å². The minimum atomic E-state index is 0.786. The lowest BCUT2D eigenvalue weighted by Crippen LogP contribution is -1.98. The van der Waals surface area contributed by atoms with Gasteiger partial charge in [-0.05, 0) is 24.0 Å². The van der Waals surface area contributed by atoms with E-state index in [1.165, 1.54) is 35.7 Å². The molecule has 0 spiro atoms. The maximum atomic E-state index is 3.34. The first-order valence-corrected chi connectivity index (χ1v) is 5.86. The van der Waals surface area contributed by atoms with Crippen molar-refractivity contribution >= 4 is 10.9 Å². The lowest BCUT2D eigenvalue weighted by molar-refractivity contribution is 0.524. The second-order valence-electron chi connectivity index (χ2n) is 4.46. The van der Waals surface area contributed by atoms with Gasteiger partial charge in [0.2, 0.25) is 0 Å². The van der Waals surface area contributed by atoms with E-state index < -0.39 is 0 Å². The van der Waals surface area contributed by atoms with Crippen LogP contribution in [0.1, 0.15) is 32.3 Å². The molecule has 0 fully saturated rings. The van der Waals surface area contributed by atoms with Crippen LogP contribution >= 0.6 is 0 Å². The molecule has 1 nitrogen and oxygen atoms in total. The highest BCUT2D eigenvalue weighted by atomic mass is 14.7. The molecule has 80 valence electrons. The number of rotatable bonds is 4. The average molecular weight is 201 g/mol. The number of aromatic amines is 1. The van der Waals surface area contributed by atoms with E-state index >= 15 is 0 Å². The summed E-state index contributed by atoms with van der Waals surface area (Å²) in [7, 11) is 0. The Labute approximate surface area is 91.5 Å². The highest BCUT2D eigenvalue weighted by Crippen LogP contribution is 2.22. The van der Waals surface area contributed by atoms with E-state index in [-0.39, 0.29) is 0 Å². The van der Waals surface area contributed by atoms with Gasteiger partial charge in [0.1, 0.15) is 0 Å². The monoisotopic (exact) mass is 201 g/mol. The van der Waals surface area contributed by atoms with Crippen LogP contribution in [0.5, 0.6) is 0 Å². The quantitative estimate of drug-likeness (QED) is 0.765. The van der Waals surface area contributed by atoms with Gasteiger partial charge in [0, 0.05) is 17.1 Å². The summed E-state index contributed by atoms with van der Waals surface area (Å²) in [6.45, 7) is 4.59. The number of hydrogen-bond acceptors (Lipinski definition) is 0. The van der Waals surface area contributed by atoms with Crippen LogP contribution in [0, 0.1) is 5.92 Å². The molecule has 0 bridgehead atoms. The molecule has 0 aliphatic rings. The molecule has 1 N–H and O–H groups in total. The van der Waals surface area contributed by atoms with Crippen molar-refractivity contribution in [3.63, 3.8) is 0 Å². The standard InChI is InChI=1S/C14H19N/c1-3-6-11(2)9-12-10-15-14-8-5-4-7-13(12)14/h4-5,7-8,10-11,15H,3,6,9H2,1-2H3. The third-order valence-electron chi connectivity index (χ3n) is 3.02. The van der Waals surface area contributed by atoms with Crippen LogP contribution < -0.4 is 0 Å². The molecular weight excluding hydrogens is 182 g/mol. The van der Waals surface area contributed by atoms with Crippen LogP contribution in [0.15, 0.2) is 30.5 Å². The molecule has 0 saturated carbocycles. The smallest absolute Gasteiger partial charge is 0.0456 e. The third-order valence-corrected chi connectivity index (χ3v) is 3.02. The summed E-state index contributed by atoms with van der Waals surface area (Å²) in [6, 6.07) is 8.55. The molecule has 1 heterocycles. The van der Waals surface area contributed by atoms with E-state index in [0.717, 1.165) is 5.92 Å². The molecule has 1 heteroatoms. The Balaban J connectivity index is 2.21. The molecule has 1 aromatic heterocycles. The number of aromatic nitrogens is 1. The van der Waals surface area contributed by atoms with Crippen molar-refractivity contribution in [3.8, 4) is 0 Å². The molecule has 0 amide bonds. The fraction of sp³-hybridized carbons (Fsp3) is 0.429. The van der Waals surface area contributed by atoms with E-state index in [1.807, 2.05) is 0 Å². The Bertz CT molecular complexity index is 428. The first kappa shape index (κ1) is 10.3. The zero-order valence-corrected chi connectivity index (χ0v) is 9.59. The van der Waals surface area contributed by atoms with Gasteiger partial charge >= 0.3 is 0 Å². The molecule has 1 atom stereocenters. The number of benzene rings is 1. The Morgan fingerprint density at radius 2 is 2.07 bits per heavy atom. The molecule has 2 rings (SSSR count). The summed E-state index contributed by atoms with van der Waals surface area (Å²) < 4.78 is 0. The number of fused-ring (bicyclic) bond motifs is 1. The van der Waals surface area contributed by atoms with Crippen molar-refractivity contribution in [2.24, 2.45) is 5.92 Å². The van der Waals surface area contributed by atoms with Gasteiger partial charge in [-0.15, -0.1) is 0 Å². The van der Waals surface area contributed by atoms with E-state index in [4.69, 9.17) is 0 Å². The maximum Gasteiger partial charge on any atom is 0.0456 e. The summed E-state index contributed by atoms with van der Waals surface area (Å²) in [5.74, 6) is 0.786. The lowest BCUT2D eigenvalue weighted by atomic mass is 9.97. The van der Waals surface area contributed by atoms with Gasteiger partial charge in [0.15, 0.2) is 0 Å². The largest absolute Gasteiger partial charge is 0.361 e. The van der Waals surface area contributed by atoms with Gasteiger partial charge < -0.3 is 4.98 Å². The first-order valence-electron chi connectivity index (χ1n) is 5.86. The molecule has 15 heavy (non-hydrogen) atoms. The second kappa shape index (κ2) is 4.52. The van der Waals surface area contributed by atoms with Gasteiger partial charge in [-0.25, -0.2) is 0 Å². The van der Waals surface area contributed by atoms with Crippen LogP contribution in [-0.4, -0.2) is 4.98 Å². The first-order chi connectivity index (χ1) is 7.31. The van der Waals surface area contributed by atoms with Gasteiger partial charge in [-0.3, -0.25) is 0 Å². The summed E-state index contributed by atoms with van der Waals surface area (Å²) in [6.07, 6.45) is 5.96. The molecule has 0 aliphatic carbocycles. The Kier molecular flexibility index (Phi) is 3.10. The minimum absolute atomic E-state index is 0.786. The SMILES string of the molecule is CCCC(C)Cc1c[nH]c2ccccc12. The molecule has 0 saturated heterocycles. The van der Waals surface area contributed by atoms with Crippen LogP contribution in [0.2, 0.25) is 0 Å². The van der Waals surface area contributed by atoms with E-state index in [9.17, 15) is 0 Å². The predicted octanol–water partition coefficient (Wildman–Crippen LogP) is 4.15. The molecular formula is C14H19N.